The van der Waals surface area contributed by atoms with Crippen LogP contribution in [0.4, 0.5) is 0 Å². The molecular weight excluding hydrogens is 102 g/mol. The molecule has 0 amide bonds. The monoisotopic (exact) mass is 111 g/mol. The predicted octanol–water partition coefficient (Wildman–Crippen LogP) is 0.837. The Labute approximate surface area is 49.1 Å². The van der Waals surface area contributed by atoms with Crippen LogP contribution in [0.2, 0.25) is 0 Å². The van der Waals surface area contributed by atoms with Gasteiger partial charge >= 0.3 is 0 Å². The summed E-state index contributed by atoms with van der Waals surface area (Å²) < 4.78 is 0. The third-order valence-electron chi connectivity index (χ3n) is 0.566. The molecule has 0 aliphatic carbocycles. The Kier molecular flexibility index (Phi) is 2.23. The van der Waals surface area contributed by atoms with E-state index in [-0.39, 0.29) is 0 Å². The van der Waals surface area contributed by atoms with E-state index in [1.807, 2.05) is 0 Å². The van der Waals surface area contributed by atoms with Crippen LogP contribution in [-0.2, 0) is 0 Å². The molecule has 1 N–H and O–H groups in total. The zero-order valence-electron chi connectivity index (χ0n) is 5.05. The Hall–Kier alpha value is -0.810. The Bertz CT molecular complexity index is 124. The maximum absolute atomic E-state index is 8.91. The lowest BCUT2D eigenvalue weighted by Gasteiger charge is -2.07. The van der Waals surface area contributed by atoms with Gasteiger partial charge in [0, 0.05) is 6.08 Å². The average Bonchev–Trinajstić information content (AvgIpc) is 1.59. The number of nitrogens with zero attached hydrogens (tertiary/aromatic N) is 1. The molecule has 0 rings (SSSR count). The SMILES string of the molecule is CC(C)(O)C=CC#N. The van der Waals surface area contributed by atoms with E-state index in [9.17, 15) is 0 Å². The first-order valence-electron chi connectivity index (χ1n) is 2.36. The van der Waals surface area contributed by atoms with Gasteiger partial charge in [0.25, 0.3) is 0 Å². The fraction of sp³-hybridized carbons (Fsp3) is 0.500. The van der Waals surface area contributed by atoms with Gasteiger partial charge in [-0.15, -0.1) is 0 Å². The van der Waals surface area contributed by atoms with Gasteiger partial charge in [0.2, 0.25) is 0 Å². The van der Waals surface area contributed by atoms with Crippen LogP contribution in [-0.4, -0.2) is 10.7 Å². The highest BCUT2D eigenvalue weighted by Crippen LogP contribution is 2.00. The van der Waals surface area contributed by atoms with E-state index >= 15 is 0 Å². The third-order valence-corrected chi connectivity index (χ3v) is 0.566. The molecule has 0 aromatic carbocycles. The maximum atomic E-state index is 8.91. The second kappa shape index (κ2) is 2.49. The zero-order valence-corrected chi connectivity index (χ0v) is 5.05. The number of aliphatic hydroxyl groups is 1. The van der Waals surface area contributed by atoms with Gasteiger partial charge in [0.15, 0.2) is 0 Å². The van der Waals surface area contributed by atoms with E-state index in [4.69, 9.17) is 10.4 Å². The van der Waals surface area contributed by atoms with Crippen LogP contribution in [0.15, 0.2) is 12.2 Å². The van der Waals surface area contributed by atoms with Gasteiger partial charge in [0.05, 0.1) is 11.7 Å². The van der Waals surface area contributed by atoms with E-state index in [1.54, 1.807) is 19.9 Å². The molecule has 0 aromatic heterocycles. The molecule has 0 unspecified atom stereocenters. The van der Waals surface area contributed by atoms with E-state index in [1.165, 1.54) is 12.2 Å². The van der Waals surface area contributed by atoms with Crippen molar-refractivity contribution in [2.45, 2.75) is 19.4 Å². The third kappa shape index (κ3) is 5.19. The lowest BCUT2D eigenvalue weighted by atomic mass is 10.1. The van der Waals surface area contributed by atoms with Crippen LogP contribution in [0.3, 0.4) is 0 Å². The largest absolute Gasteiger partial charge is 0.386 e. The lowest BCUT2D eigenvalue weighted by molar-refractivity contribution is 0.133. The van der Waals surface area contributed by atoms with Gasteiger partial charge in [-0.3, -0.25) is 0 Å². The van der Waals surface area contributed by atoms with Crippen LogP contribution in [0, 0.1) is 11.3 Å². The van der Waals surface area contributed by atoms with Crippen LogP contribution >= 0.6 is 0 Å². The number of hydrogen-bond donors (Lipinski definition) is 1. The summed E-state index contributed by atoms with van der Waals surface area (Å²) >= 11 is 0. The normalized spacial score (nSPS) is 11.8. The maximum Gasteiger partial charge on any atom is 0.0909 e. The van der Waals surface area contributed by atoms with Crippen molar-refractivity contribution < 1.29 is 5.11 Å². The van der Waals surface area contributed by atoms with Crippen LogP contribution in [0.25, 0.3) is 0 Å². The van der Waals surface area contributed by atoms with Crippen molar-refractivity contribution in [1.82, 2.24) is 0 Å². The fourth-order valence-corrected chi connectivity index (χ4v) is 0.241. The minimum atomic E-state index is -0.851. The summed E-state index contributed by atoms with van der Waals surface area (Å²) in [6.07, 6.45) is 2.70. The molecule has 2 nitrogen and oxygen atoms in total. The highest BCUT2D eigenvalue weighted by Gasteiger charge is 2.04. The summed E-state index contributed by atoms with van der Waals surface area (Å²) in [4.78, 5) is 0. The smallest absolute Gasteiger partial charge is 0.0909 e. The predicted molar refractivity (Wildman–Crippen MR) is 31.1 cm³/mol. The molecule has 0 spiro atoms. The first kappa shape index (κ1) is 7.19. The molecule has 0 aliphatic heterocycles. The number of rotatable bonds is 1. The molecule has 0 heterocycles. The highest BCUT2D eigenvalue weighted by molar-refractivity contribution is 5.07. The van der Waals surface area contributed by atoms with Crippen molar-refractivity contribution in [3.8, 4) is 6.07 Å². The molecule has 0 aromatic rings. The zero-order chi connectivity index (χ0) is 6.62. The molecular formula is C6H9NO. The number of allylic oxidation sites excluding steroid dienone is 1. The Morgan fingerprint density at radius 3 is 2.25 bits per heavy atom. The van der Waals surface area contributed by atoms with E-state index in [0.717, 1.165) is 0 Å². The summed E-state index contributed by atoms with van der Waals surface area (Å²) in [5.41, 5.74) is -0.851. The van der Waals surface area contributed by atoms with Gasteiger partial charge in [-0.1, -0.05) is 0 Å². The van der Waals surface area contributed by atoms with Crippen LogP contribution in [0.5, 0.6) is 0 Å². The molecule has 0 saturated heterocycles. The Morgan fingerprint density at radius 2 is 2.12 bits per heavy atom. The lowest BCUT2D eigenvalue weighted by Crippen LogP contribution is -2.13. The number of hydrogen-bond acceptors (Lipinski definition) is 2. The standard InChI is InChI=1S/C6H9NO/c1-6(2,8)4-3-5-7/h3-4,8H,1-2H3. The van der Waals surface area contributed by atoms with Crippen LogP contribution in [0.1, 0.15) is 13.8 Å². The average molecular weight is 111 g/mol. The first-order chi connectivity index (χ1) is 3.56. The molecule has 0 radical (unpaired) electrons. The number of nitriles is 1. The van der Waals surface area contributed by atoms with Crippen molar-refractivity contribution in [3.05, 3.63) is 12.2 Å². The van der Waals surface area contributed by atoms with Gasteiger partial charge in [-0.05, 0) is 19.9 Å². The van der Waals surface area contributed by atoms with Crippen molar-refractivity contribution in [1.29, 1.82) is 5.26 Å². The molecule has 8 heavy (non-hydrogen) atoms. The van der Waals surface area contributed by atoms with Crippen molar-refractivity contribution in [2.24, 2.45) is 0 Å². The van der Waals surface area contributed by atoms with Gasteiger partial charge in [-0.25, -0.2) is 0 Å². The summed E-state index contributed by atoms with van der Waals surface area (Å²) in [5, 5.41) is 16.9. The first-order valence-corrected chi connectivity index (χ1v) is 2.36. The summed E-state index contributed by atoms with van der Waals surface area (Å²) in [6.45, 7) is 3.22. The topological polar surface area (TPSA) is 44.0 Å². The van der Waals surface area contributed by atoms with Gasteiger partial charge < -0.3 is 5.11 Å². The Morgan fingerprint density at radius 1 is 1.62 bits per heavy atom. The van der Waals surface area contributed by atoms with E-state index in [2.05, 4.69) is 0 Å². The van der Waals surface area contributed by atoms with Crippen LogP contribution < -0.4 is 0 Å². The molecule has 0 fully saturated rings. The summed E-state index contributed by atoms with van der Waals surface area (Å²) in [7, 11) is 0. The minimum absolute atomic E-state index is 0.851. The summed E-state index contributed by atoms with van der Waals surface area (Å²) in [5.74, 6) is 0. The molecule has 0 bridgehead atoms. The second-order valence-electron chi connectivity index (χ2n) is 2.12. The van der Waals surface area contributed by atoms with E-state index in [0.29, 0.717) is 0 Å². The Balaban J connectivity index is 3.75. The van der Waals surface area contributed by atoms with Gasteiger partial charge in [-0.2, -0.15) is 5.26 Å². The molecule has 0 aliphatic rings. The van der Waals surface area contributed by atoms with Crippen molar-refractivity contribution in [3.63, 3.8) is 0 Å². The molecule has 0 atom stereocenters. The molecule has 44 valence electrons. The second-order valence-corrected chi connectivity index (χ2v) is 2.12. The fourth-order valence-electron chi connectivity index (χ4n) is 0.241. The minimum Gasteiger partial charge on any atom is -0.386 e. The van der Waals surface area contributed by atoms with Gasteiger partial charge in [0.1, 0.15) is 0 Å². The molecule has 2 heteroatoms. The summed E-state index contributed by atoms with van der Waals surface area (Å²) in [6, 6.07) is 1.78. The molecule has 0 saturated carbocycles. The van der Waals surface area contributed by atoms with E-state index < -0.39 is 5.60 Å². The quantitative estimate of drug-likeness (QED) is 0.509. The van der Waals surface area contributed by atoms with Crippen molar-refractivity contribution >= 4 is 0 Å². The van der Waals surface area contributed by atoms with Crippen molar-refractivity contribution in [2.75, 3.05) is 0 Å². The highest BCUT2D eigenvalue weighted by atomic mass is 16.3.